The van der Waals surface area contributed by atoms with Gasteiger partial charge < -0.3 is 19.7 Å². The maximum atomic E-state index is 12.4. The molecule has 0 bridgehead atoms. The van der Waals surface area contributed by atoms with Crippen LogP contribution >= 0.6 is 11.8 Å². The molecule has 1 aromatic rings. The van der Waals surface area contributed by atoms with Gasteiger partial charge in [0.15, 0.2) is 11.5 Å². The summed E-state index contributed by atoms with van der Waals surface area (Å²) < 4.78 is 10.7. The maximum Gasteiger partial charge on any atom is 0.236 e. The molecule has 5 nitrogen and oxygen atoms in total. The van der Waals surface area contributed by atoms with Gasteiger partial charge in [-0.3, -0.25) is 4.79 Å². The molecule has 2 atom stereocenters. The van der Waals surface area contributed by atoms with Crippen molar-refractivity contribution in [3.8, 4) is 11.5 Å². The van der Waals surface area contributed by atoms with Crippen molar-refractivity contribution in [1.29, 1.82) is 0 Å². The lowest BCUT2D eigenvalue weighted by Gasteiger charge is -2.24. The first-order valence-corrected chi connectivity index (χ1v) is 8.39. The molecule has 1 saturated heterocycles. The smallest absolute Gasteiger partial charge is 0.236 e. The van der Waals surface area contributed by atoms with Crippen LogP contribution in [0, 0.1) is 0 Å². The third kappa shape index (κ3) is 3.50. The number of hydrogen-bond donors (Lipinski definition) is 1. The molecule has 2 rings (SSSR count). The number of nitrogens with zero attached hydrogens (tertiary/aromatic N) is 1. The van der Waals surface area contributed by atoms with Crippen molar-refractivity contribution in [2.75, 3.05) is 34.4 Å². The van der Waals surface area contributed by atoms with Gasteiger partial charge in [-0.05, 0) is 44.6 Å². The Bertz CT molecular complexity index is 524. The minimum atomic E-state index is -0.00678. The van der Waals surface area contributed by atoms with Gasteiger partial charge >= 0.3 is 0 Å². The highest BCUT2D eigenvalue weighted by Crippen LogP contribution is 2.44. The predicted molar refractivity (Wildman–Crippen MR) is 89.6 cm³/mol. The maximum absolute atomic E-state index is 12.4. The summed E-state index contributed by atoms with van der Waals surface area (Å²) in [6.07, 6.45) is 0.944. The van der Waals surface area contributed by atoms with Crippen LogP contribution in [-0.2, 0) is 4.79 Å². The summed E-state index contributed by atoms with van der Waals surface area (Å²) >= 11 is 1.69. The summed E-state index contributed by atoms with van der Waals surface area (Å²) in [4.78, 5) is 14.4. The molecule has 0 aliphatic carbocycles. The molecule has 1 aliphatic rings. The Kier molecular flexibility index (Phi) is 5.97. The SMILES string of the molecule is CNCCCN1C(=O)[C@@H](C)S[C@H]1c1ccc(OC)c(OC)c1. The highest BCUT2D eigenvalue weighted by atomic mass is 32.2. The van der Waals surface area contributed by atoms with Gasteiger partial charge in [0, 0.05) is 6.54 Å². The molecular weight excluding hydrogens is 300 g/mol. The average Bonchev–Trinajstić information content (AvgIpc) is 2.82. The van der Waals surface area contributed by atoms with E-state index in [9.17, 15) is 4.79 Å². The number of benzene rings is 1. The molecule has 0 aromatic heterocycles. The summed E-state index contributed by atoms with van der Waals surface area (Å²) in [6, 6.07) is 5.87. The minimum absolute atomic E-state index is 0.00678. The molecule has 22 heavy (non-hydrogen) atoms. The fraction of sp³-hybridized carbons (Fsp3) is 0.562. The van der Waals surface area contributed by atoms with Gasteiger partial charge in [0.25, 0.3) is 0 Å². The summed E-state index contributed by atoms with van der Waals surface area (Å²) in [5.74, 6) is 1.61. The van der Waals surface area contributed by atoms with Crippen LogP contribution in [0.2, 0.25) is 0 Å². The Labute approximate surface area is 136 Å². The van der Waals surface area contributed by atoms with Crippen LogP contribution in [0.1, 0.15) is 24.3 Å². The molecule has 1 N–H and O–H groups in total. The van der Waals surface area contributed by atoms with E-state index in [4.69, 9.17) is 9.47 Å². The average molecular weight is 324 g/mol. The van der Waals surface area contributed by atoms with E-state index in [0.29, 0.717) is 11.5 Å². The lowest BCUT2D eigenvalue weighted by atomic mass is 10.1. The molecule has 1 aromatic carbocycles. The van der Waals surface area contributed by atoms with Crippen LogP contribution in [0.3, 0.4) is 0 Å². The fourth-order valence-electron chi connectivity index (χ4n) is 2.59. The van der Waals surface area contributed by atoms with Crippen molar-refractivity contribution in [2.45, 2.75) is 24.0 Å². The molecule has 0 radical (unpaired) electrons. The summed E-state index contributed by atoms with van der Waals surface area (Å²) in [5, 5.41) is 3.16. The van der Waals surface area contributed by atoms with Gasteiger partial charge in [0.2, 0.25) is 5.91 Å². The first kappa shape index (κ1) is 17.0. The molecule has 1 amide bonds. The van der Waals surface area contributed by atoms with E-state index in [1.807, 2.05) is 37.1 Å². The third-order valence-corrected chi connectivity index (χ3v) is 5.16. The van der Waals surface area contributed by atoms with Crippen molar-refractivity contribution in [2.24, 2.45) is 0 Å². The molecule has 0 unspecified atom stereocenters. The number of nitrogens with one attached hydrogen (secondary N) is 1. The quantitative estimate of drug-likeness (QED) is 0.780. The van der Waals surface area contributed by atoms with Gasteiger partial charge in [-0.25, -0.2) is 0 Å². The van der Waals surface area contributed by atoms with Gasteiger partial charge in [-0.2, -0.15) is 0 Å². The van der Waals surface area contributed by atoms with Crippen molar-refractivity contribution in [1.82, 2.24) is 10.2 Å². The van der Waals surface area contributed by atoms with Crippen molar-refractivity contribution in [3.05, 3.63) is 23.8 Å². The Balaban J connectivity index is 2.22. The standard InChI is InChI=1S/C16H24N2O3S/c1-11-15(19)18(9-5-8-17-2)16(22-11)12-6-7-13(20-3)14(10-12)21-4/h6-7,10-11,16-17H,5,8-9H2,1-4H3/t11-,16+/m1/s1. The van der Waals surface area contributed by atoms with E-state index in [1.54, 1.807) is 26.0 Å². The first-order valence-electron chi connectivity index (χ1n) is 7.44. The summed E-state index contributed by atoms with van der Waals surface area (Å²) in [5.41, 5.74) is 1.07. The zero-order valence-electron chi connectivity index (χ0n) is 13.6. The van der Waals surface area contributed by atoms with E-state index in [1.165, 1.54) is 0 Å². The molecular formula is C16H24N2O3S. The van der Waals surface area contributed by atoms with Crippen molar-refractivity contribution in [3.63, 3.8) is 0 Å². The van der Waals surface area contributed by atoms with E-state index in [-0.39, 0.29) is 16.5 Å². The highest BCUT2D eigenvalue weighted by Gasteiger charge is 2.38. The summed E-state index contributed by atoms with van der Waals surface area (Å²) in [6.45, 7) is 3.64. The number of carbonyl (C=O) groups excluding carboxylic acids is 1. The van der Waals surface area contributed by atoms with E-state index >= 15 is 0 Å². The molecule has 0 saturated carbocycles. The second-order valence-electron chi connectivity index (χ2n) is 5.23. The molecule has 0 spiro atoms. The molecule has 6 heteroatoms. The largest absolute Gasteiger partial charge is 0.493 e. The number of hydrogen-bond acceptors (Lipinski definition) is 5. The number of ether oxygens (including phenoxy) is 2. The number of carbonyl (C=O) groups is 1. The number of amides is 1. The number of rotatable bonds is 7. The van der Waals surface area contributed by atoms with Crippen LogP contribution in [0.15, 0.2) is 18.2 Å². The normalized spacial score (nSPS) is 21.3. The Morgan fingerprint density at radius 3 is 2.64 bits per heavy atom. The van der Waals surface area contributed by atoms with E-state index in [0.717, 1.165) is 25.1 Å². The predicted octanol–water partition coefficient (Wildman–Crippen LogP) is 2.28. The monoisotopic (exact) mass is 324 g/mol. The lowest BCUT2D eigenvalue weighted by Crippen LogP contribution is -2.32. The number of thioether (sulfide) groups is 1. The second kappa shape index (κ2) is 7.74. The third-order valence-electron chi connectivity index (χ3n) is 3.77. The number of methoxy groups -OCH3 is 2. The van der Waals surface area contributed by atoms with Crippen molar-refractivity contribution < 1.29 is 14.3 Å². The van der Waals surface area contributed by atoms with Crippen LogP contribution in [0.4, 0.5) is 0 Å². The topological polar surface area (TPSA) is 50.8 Å². The molecule has 1 aliphatic heterocycles. The van der Waals surface area contributed by atoms with Crippen LogP contribution in [0.25, 0.3) is 0 Å². The van der Waals surface area contributed by atoms with Gasteiger partial charge in [-0.15, -0.1) is 11.8 Å². The second-order valence-corrected chi connectivity index (χ2v) is 6.66. The van der Waals surface area contributed by atoms with Crippen LogP contribution in [-0.4, -0.2) is 50.4 Å². The molecule has 1 fully saturated rings. The molecule has 1 heterocycles. The lowest BCUT2D eigenvalue weighted by molar-refractivity contribution is -0.129. The van der Waals surface area contributed by atoms with Crippen molar-refractivity contribution >= 4 is 17.7 Å². The van der Waals surface area contributed by atoms with Gasteiger partial charge in [0.1, 0.15) is 5.37 Å². The van der Waals surface area contributed by atoms with Crippen LogP contribution in [0.5, 0.6) is 11.5 Å². The van der Waals surface area contributed by atoms with E-state index in [2.05, 4.69) is 5.32 Å². The fourth-order valence-corrected chi connectivity index (χ4v) is 3.89. The van der Waals surface area contributed by atoms with E-state index < -0.39 is 0 Å². The highest BCUT2D eigenvalue weighted by molar-refractivity contribution is 8.01. The Hall–Kier alpha value is -1.40. The zero-order chi connectivity index (χ0) is 16.1. The molecule has 122 valence electrons. The zero-order valence-corrected chi connectivity index (χ0v) is 14.4. The van der Waals surface area contributed by atoms with Gasteiger partial charge in [-0.1, -0.05) is 6.07 Å². The summed E-state index contributed by atoms with van der Waals surface area (Å²) in [7, 11) is 5.17. The Morgan fingerprint density at radius 1 is 1.27 bits per heavy atom. The van der Waals surface area contributed by atoms with Crippen LogP contribution < -0.4 is 14.8 Å². The minimum Gasteiger partial charge on any atom is -0.493 e. The first-order chi connectivity index (χ1) is 10.6. The Morgan fingerprint density at radius 2 is 2.00 bits per heavy atom. The van der Waals surface area contributed by atoms with Gasteiger partial charge in [0.05, 0.1) is 19.5 Å².